The van der Waals surface area contributed by atoms with Crippen LogP contribution < -0.4 is 0 Å². The Bertz CT molecular complexity index is 1330. The highest BCUT2D eigenvalue weighted by Gasteiger charge is 2.14. The Hall–Kier alpha value is -3.52. The molecule has 0 spiro atoms. The van der Waals surface area contributed by atoms with Crippen LogP contribution in [-0.2, 0) is 47.7 Å². The number of hydrogen-bond donors (Lipinski definition) is 4. The van der Waals surface area contributed by atoms with Crippen molar-refractivity contribution in [2.24, 2.45) is 0 Å². The highest BCUT2D eigenvalue weighted by atomic mass is 16.6. The van der Waals surface area contributed by atoms with Gasteiger partial charge in [0.15, 0.2) is 0 Å². The van der Waals surface area contributed by atoms with E-state index in [1.54, 1.807) is 0 Å². The summed E-state index contributed by atoms with van der Waals surface area (Å²) in [6, 6.07) is 0. The van der Waals surface area contributed by atoms with Crippen molar-refractivity contribution in [3.05, 3.63) is 12.2 Å². The molecule has 14 nitrogen and oxygen atoms in total. The Kier molecular flexibility index (Phi) is 76.5. The molecule has 0 aliphatic rings. The lowest BCUT2D eigenvalue weighted by molar-refractivity contribution is -0.154. The maximum Gasteiger partial charge on any atom is 0.328 e. The van der Waals surface area contributed by atoms with Crippen LogP contribution in [0.25, 0.3) is 0 Å². The number of carbonyl (C=O) groups is 6. The average molecular weight is 1250 g/mol. The Labute approximate surface area is 539 Å². The van der Waals surface area contributed by atoms with E-state index in [0.29, 0.717) is 37.8 Å². The van der Waals surface area contributed by atoms with E-state index in [-0.39, 0.29) is 50.3 Å². The molecule has 0 radical (unpaired) electrons. The van der Waals surface area contributed by atoms with Crippen LogP contribution in [0.2, 0.25) is 0 Å². The molecule has 0 atom stereocenters. The van der Waals surface area contributed by atoms with Gasteiger partial charge in [-0.15, -0.1) is 0 Å². The van der Waals surface area contributed by atoms with Crippen molar-refractivity contribution in [2.75, 3.05) is 26.4 Å². The molecule has 0 bridgehead atoms. The van der Waals surface area contributed by atoms with Crippen molar-refractivity contribution in [3.63, 3.8) is 0 Å². The first-order valence-corrected chi connectivity index (χ1v) is 36.9. The maximum atomic E-state index is 11.9. The zero-order valence-electron chi connectivity index (χ0n) is 57.6. The summed E-state index contributed by atoms with van der Waals surface area (Å²) in [6.45, 7) is 8.61. The second-order valence-electron chi connectivity index (χ2n) is 25.0. The predicted molar refractivity (Wildman–Crippen MR) is 362 cm³/mol. The van der Waals surface area contributed by atoms with E-state index >= 15 is 0 Å². The first-order chi connectivity index (χ1) is 42.8. The van der Waals surface area contributed by atoms with Crippen molar-refractivity contribution in [1.29, 1.82) is 0 Å². The van der Waals surface area contributed by atoms with E-state index in [1.807, 2.05) is 0 Å². The number of hydrogen-bond acceptors (Lipinski definition) is 12. The molecule has 14 heteroatoms. The van der Waals surface area contributed by atoms with Crippen LogP contribution >= 0.6 is 0 Å². The fourth-order valence-electron chi connectivity index (χ4n) is 10.4. The fourth-order valence-corrected chi connectivity index (χ4v) is 10.4. The zero-order valence-corrected chi connectivity index (χ0v) is 57.6. The number of rotatable bonds is 66. The first-order valence-electron chi connectivity index (χ1n) is 36.9. The number of carboxylic acids is 2. The van der Waals surface area contributed by atoms with Crippen LogP contribution in [0.5, 0.6) is 0 Å². The molecule has 0 aliphatic heterocycles. The van der Waals surface area contributed by atoms with Crippen LogP contribution in [0, 0.1) is 0 Å². The third-order valence-corrected chi connectivity index (χ3v) is 16.1. The van der Waals surface area contributed by atoms with Gasteiger partial charge in [-0.3, -0.25) is 19.2 Å². The summed E-state index contributed by atoms with van der Waals surface area (Å²) >= 11 is 0. The Morgan fingerprint density at radius 2 is 0.364 bits per heavy atom. The minimum atomic E-state index is -1.26. The summed E-state index contributed by atoms with van der Waals surface area (Å²) in [5, 5.41) is 35.5. The van der Waals surface area contributed by atoms with Gasteiger partial charge in [0.1, 0.15) is 38.6 Å². The zero-order chi connectivity index (χ0) is 65.3. The number of carboxylic acid groups (broad SMARTS) is 2. The number of aliphatic hydroxyl groups is 2. The van der Waals surface area contributed by atoms with E-state index in [9.17, 15) is 39.0 Å². The second kappa shape index (κ2) is 75.9. The van der Waals surface area contributed by atoms with Crippen molar-refractivity contribution < 1.29 is 68.1 Å². The summed E-state index contributed by atoms with van der Waals surface area (Å²) < 4.78 is 20.6. The van der Waals surface area contributed by atoms with Crippen LogP contribution in [-0.4, -0.2) is 94.9 Å². The molecule has 0 rings (SSSR count). The monoisotopic (exact) mass is 1250 g/mol. The van der Waals surface area contributed by atoms with Crippen LogP contribution in [0.15, 0.2) is 12.2 Å². The molecule has 520 valence electrons. The van der Waals surface area contributed by atoms with E-state index in [1.165, 1.54) is 283 Å². The summed E-state index contributed by atoms with van der Waals surface area (Å²) in [6.07, 6.45) is 66.9. The largest absolute Gasteiger partial charge is 0.478 e. The van der Waals surface area contributed by atoms with Crippen molar-refractivity contribution in [2.45, 2.75) is 399 Å². The lowest BCUT2D eigenvalue weighted by Gasteiger charge is -2.12. The third-order valence-electron chi connectivity index (χ3n) is 16.1. The van der Waals surface area contributed by atoms with Gasteiger partial charge in [-0.25, -0.2) is 9.59 Å². The van der Waals surface area contributed by atoms with Crippen molar-refractivity contribution >= 4 is 35.8 Å². The molecule has 0 saturated carbocycles. The molecule has 4 N–H and O–H groups in total. The molecule has 0 heterocycles. The number of carbonyl (C=O) groups excluding carboxylic acids is 4. The second-order valence-corrected chi connectivity index (χ2v) is 25.0. The molecule has 0 aliphatic carbocycles. The lowest BCUT2D eigenvalue weighted by atomic mass is 10.0. The standard InChI is InChI=1S/2C35H68O5.C4H4O4/c2*1-3-5-7-9-11-13-15-17-19-21-23-25-27-29-34(37)39-31-33(36)32-40-35(38)30-28-26-24-22-20-18-16-14-12-10-8-6-4-2;5-3(6)1-2-4(7)8/h2*33,36H,3-32H2,1-2H3;1-2H,(H,5,6)(H,7,8)/b;;2-1+. The van der Waals surface area contributed by atoms with Gasteiger partial charge in [-0.1, -0.05) is 336 Å². The third kappa shape index (κ3) is 82.5. The van der Waals surface area contributed by atoms with Gasteiger partial charge in [-0.05, 0) is 25.7 Å². The average Bonchev–Trinajstić information content (AvgIpc) is 3.58. The minimum absolute atomic E-state index is 0.108. The van der Waals surface area contributed by atoms with E-state index in [0.717, 1.165) is 51.4 Å². The normalized spacial score (nSPS) is 11.1. The van der Waals surface area contributed by atoms with Gasteiger partial charge in [0.25, 0.3) is 0 Å². The molecular weight excluding hydrogens is 1110 g/mol. The molecule has 0 amide bonds. The SMILES string of the molecule is CCCCCCCCCCCCCCCC(=O)OCC(O)COC(=O)CCCCCCCCCCCCCCC.CCCCCCCCCCCCCCCC(=O)OCC(O)COC(=O)CCCCCCCCCCCCCCC.O=C(O)/C=C/C(=O)O. The molecule has 0 aromatic carbocycles. The van der Waals surface area contributed by atoms with Gasteiger partial charge in [0.2, 0.25) is 0 Å². The summed E-state index contributed by atoms with van der Waals surface area (Å²) in [4.78, 5) is 66.7. The van der Waals surface area contributed by atoms with Gasteiger partial charge < -0.3 is 39.4 Å². The smallest absolute Gasteiger partial charge is 0.328 e. The number of esters is 4. The van der Waals surface area contributed by atoms with Crippen LogP contribution in [0.3, 0.4) is 0 Å². The van der Waals surface area contributed by atoms with Crippen molar-refractivity contribution in [1.82, 2.24) is 0 Å². The first kappa shape index (κ1) is 88.7. The Balaban J connectivity index is -0.00000146. The van der Waals surface area contributed by atoms with Gasteiger partial charge in [0, 0.05) is 37.8 Å². The van der Waals surface area contributed by atoms with Crippen LogP contribution in [0.4, 0.5) is 0 Å². The van der Waals surface area contributed by atoms with Gasteiger partial charge in [-0.2, -0.15) is 0 Å². The molecule has 0 aromatic rings. The molecule has 0 aromatic heterocycles. The van der Waals surface area contributed by atoms with Crippen LogP contribution in [0.1, 0.15) is 387 Å². The highest BCUT2D eigenvalue weighted by molar-refractivity contribution is 5.89. The maximum absolute atomic E-state index is 11.9. The molecule has 0 fully saturated rings. The Morgan fingerprint density at radius 3 is 0.489 bits per heavy atom. The molecule has 0 unspecified atom stereocenters. The van der Waals surface area contributed by atoms with Gasteiger partial charge >= 0.3 is 35.8 Å². The highest BCUT2D eigenvalue weighted by Crippen LogP contribution is 2.18. The Morgan fingerprint density at radius 1 is 0.239 bits per heavy atom. The molecular formula is C74H140O14. The predicted octanol–water partition coefficient (Wildman–Crippen LogP) is 20.5. The van der Waals surface area contributed by atoms with E-state index < -0.39 is 24.1 Å². The fraction of sp³-hybridized carbons (Fsp3) is 0.892. The van der Waals surface area contributed by atoms with E-state index in [2.05, 4.69) is 27.7 Å². The number of ether oxygens (including phenoxy) is 4. The van der Waals surface area contributed by atoms with Crippen molar-refractivity contribution in [3.8, 4) is 0 Å². The quantitative estimate of drug-likeness (QED) is 0.0193. The molecule has 0 saturated heterocycles. The lowest BCUT2D eigenvalue weighted by Crippen LogP contribution is -2.25. The number of aliphatic hydroxyl groups excluding tert-OH is 2. The summed E-state index contributed by atoms with van der Waals surface area (Å²) in [5.41, 5.74) is 0. The van der Waals surface area contributed by atoms with E-state index in [4.69, 9.17) is 29.2 Å². The number of unbranched alkanes of at least 4 members (excludes halogenated alkanes) is 48. The summed E-state index contributed by atoms with van der Waals surface area (Å²) in [7, 11) is 0. The minimum Gasteiger partial charge on any atom is -0.478 e. The topological polar surface area (TPSA) is 220 Å². The summed E-state index contributed by atoms with van der Waals surface area (Å²) in [5.74, 6) is -3.62. The van der Waals surface area contributed by atoms with Gasteiger partial charge in [0.05, 0.1) is 0 Å². The molecule has 88 heavy (non-hydrogen) atoms. The number of aliphatic carboxylic acids is 2.